The maximum atomic E-state index is 9.16. The van der Waals surface area contributed by atoms with Crippen LogP contribution in [0, 0.1) is 0 Å². The van der Waals surface area contributed by atoms with Crippen molar-refractivity contribution in [1.29, 1.82) is 0 Å². The Labute approximate surface area is 94.6 Å². The highest BCUT2D eigenvalue weighted by atomic mass is 16.4. The Bertz CT molecular complexity index is 440. The minimum atomic E-state index is -1.46. The second-order valence-corrected chi connectivity index (χ2v) is 3.54. The molecule has 1 aliphatic carbocycles. The number of aliphatic imine (C=N–C) groups is 1. The topological polar surface area (TPSA) is 52.8 Å². The third kappa shape index (κ3) is 2.48. The zero-order valence-electron chi connectivity index (χ0n) is 8.69. The van der Waals surface area contributed by atoms with Gasteiger partial charge in [0.15, 0.2) is 0 Å². The maximum absolute atomic E-state index is 9.16. The molecule has 0 saturated carbocycles. The van der Waals surface area contributed by atoms with Crippen molar-refractivity contribution in [2.75, 3.05) is 0 Å². The summed E-state index contributed by atoms with van der Waals surface area (Å²) in [6, 6.07) is 7.14. The smallest absolute Gasteiger partial charge is 0.423 e. The molecular formula is C12H12BNO2. The van der Waals surface area contributed by atoms with Crippen LogP contribution in [0.5, 0.6) is 0 Å². The van der Waals surface area contributed by atoms with Crippen LogP contribution in [0.4, 0.5) is 0 Å². The van der Waals surface area contributed by atoms with Crippen molar-refractivity contribution in [3.8, 4) is 0 Å². The van der Waals surface area contributed by atoms with E-state index in [0.29, 0.717) is 5.46 Å². The van der Waals surface area contributed by atoms with Crippen LogP contribution in [0.15, 0.2) is 53.6 Å². The van der Waals surface area contributed by atoms with E-state index >= 15 is 0 Å². The molecular weight excluding hydrogens is 201 g/mol. The fourth-order valence-corrected chi connectivity index (χ4v) is 1.55. The molecule has 0 aromatic heterocycles. The first-order valence-corrected chi connectivity index (χ1v) is 5.10. The van der Waals surface area contributed by atoms with Crippen molar-refractivity contribution in [2.24, 2.45) is 4.99 Å². The van der Waals surface area contributed by atoms with Gasteiger partial charge in [0.2, 0.25) is 0 Å². The zero-order chi connectivity index (χ0) is 11.4. The average molecular weight is 213 g/mol. The highest BCUT2D eigenvalue weighted by Crippen LogP contribution is 2.04. The summed E-state index contributed by atoms with van der Waals surface area (Å²) in [5, 5.41) is 18.3. The van der Waals surface area contributed by atoms with E-state index in [2.05, 4.69) is 4.99 Å². The van der Waals surface area contributed by atoms with Crippen molar-refractivity contribution in [3.63, 3.8) is 0 Å². The van der Waals surface area contributed by atoms with Crippen molar-refractivity contribution < 1.29 is 10.0 Å². The highest BCUT2D eigenvalue weighted by molar-refractivity contribution is 6.60. The molecule has 2 N–H and O–H groups in total. The molecule has 0 unspecified atom stereocenters. The lowest BCUT2D eigenvalue weighted by atomic mass is 9.77. The van der Waals surface area contributed by atoms with Crippen molar-refractivity contribution in [1.82, 2.24) is 0 Å². The Morgan fingerprint density at radius 3 is 2.50 bits per heavy atom. The highest BCUT2D eigenvalue weighted by Gasteiger charge is 2.13. The van der Waals surface area contributed by atoms with E-state index in [-0.39, 0.29) is 6.04 Å². The molecule has 0 heterocycles. The predicted molar refractivity (Wildman–Crippen MR) is 65.9 cm³/mol. The second-order valence-electron chi connectivity index (χ2n) is 3.54. The molecule has 16 heavy (non-hydrogen) atoms. The molecule has 4 heteroatoms. The molecule has 0 fully saturated rings. The number of benzene rings is 1. The Hall–Kier alpha value is -1.65. The Kier molecular flexibility index (Phi) is 3.34. The molecule has 0 radical (unpaired) electrons. The van der Waals surface area contributed by atoms with Gasteiger partial charge >= 0.3 is 7.12 Å². The van der Waals surface area contributed by atoms with Crippen LogP contribution in [0.1, 0.15) is 5.56 Å². The van der Waals surface area contributed by atoms with Crippen molar-refractivity contribution >= 4 is 18.8 Å². The largest absolute Gasteiger partial charge is 0.489 e. The molecule has 2 rings (SSSR count). The van der Waals surface area contributed by atoms with E-state index in [1.165, 1.54) is 0 Å². The molecule has 80 valence electrons. The van der Waals surface area contributed by atoms with Gasteiger partial charge in [-0.2, -0.15) is 0 Å². The van der Waals surface area contributed by atoms with Gasteiger partial charge < -0.3 is 10.0 Å². The quantitative estimate of drug-likeness (QED) is 0.559. The van der Waals surface area contributed by atoms with Crippen molar-refractivity contribution in [2.45, 2.75) is 6.04 Å². The standard InChI is InChI=1S/C12H12BNO2/c15-13(16)12-8-4-1-5-10(12)9-14-11-6-2-3-7-11/h1-9,11,15-16H. The summed E-state index contributed by atoms with van der Waals surface area (Å²) in [6.45, 7) is 0. The van der Waals surface area contributed by atoms with E-state index in [0.717, 1.165) is 5.56 Å². The van der Waals surface area contributed by atoms with Crippen LogP contribution < -0.4 is 5.46 Å². The minimum absolute atomic E-state index is 0.0592. The molecule has 0 amide bonds. The van der Waals surface area contributed by atoms with Crippen LogP contribution in [0.3, 0.4) is 0 Å². The summed E-state index contributed by atoms with van der Waals surface area (Å²) in [5.41, 5.74) is 1.20. The first-order chi connectivity index (χ1) is 7.77. The molecule has 1 aromatic carbocycles. The van der Waals surface area contributed by atoms with Gasteiger partial charge in [0.25, 0.3) is 0 Å². The molecule has 0 saturated heterocycles. The molecule has 0 spiro atoms. The third-order valence-corrected chi connectivity index (χ3v) is 2.39. The number of hydrogen-bond acceptors (Lipinski definition) is 3. The summed E-state index contributed by atoms with van der Waals surface area (Å²) in [7, 11) is -1.46. The van der Waals surface area contributed by atoms with E-state index < -0.39 is 7.12 Å². The van der Waals surface area contributed by atoms with Crippen LogP contribution in [0.2, 0.25) is 0 Å². The van der Waals surface area contributed by atoms with Crippen LogP contribution in [-0.4, -0.2) is 29.4 Å². The zero-order valence-corrected chi connectivity index (χ0v) is 8.69. The van der Waals surface area contributed by atoms with Crippen LogP contribution >= 0.6 is 0 Å². The summed E-state index contributed by atoms with van der Waals surface area (Å²) >= 11 is 0. The summed E-state index contributed by atoms with van der Waals surface area (Å²) < 4.78 is 0. The van der Waals surface area contributed by atoms with Gasteiger partial charge in [-0.15, -0.1) is 0 Å². The molecule has 0 bridgehead atoms. The van der Waals surface area contributed by atoms with Gasteiger partial charge in [-0.3, -0.25) is 4.99 Å². The summed E-state index contributed by atoms with van der Waals surface area (Å²) in [4.78, 5) is 4.32. The van der Waals surface area contributed by atoms with Gasteiger partial charge in [-0.05, 0) is 11.0 Å². The first-order valence-electron chi connectivity index (χ1n) is 5.10. The molecule has 0 atom stereocenters. The summed E-state index contributed by atoms with van der Waals surface area (Å²) in [6.07, 6.45) is 9.48. The second kappa shape index (κ2) is 4.92. The molecule has 1 aliphatic rings. The summed E-state index contributed by atoms with van der Waals surface area (Å²) in [5.74, 6) is 0. The Balaban J connectivity index is 2.20. The fraction of sp³-hybridized carbons (Fsp3) is 0.0833. The monoisotopic (exact) mass is 213 g/mol. The van der Waals surface area contributed by atoms with E-state index in [9.17, 15) is 0 Å². The number of allylic oxidation sites excluding steroid dienone is 2. The normalized spacial score (nSPS) is 15.1. The first kappa shape index (κ1) is 10.9. The van der Waals surface area contributed by atoms with Gasteiger partial charge in [0, 0.05) is 6.21 Å². The van der Waals surface area contributed by atoms with E-state index in [4.69, 9.17) is 10.0 Å². The Morgan fingerprint density at radius 2 is 1.81 bits per heavy atom. The number of nitrogens with zero attached hydrogens (tertiary/aromatic N) is 1. The van der Waals surface area contributed by atoms with Gasteiger partial charge in [0.1, 0.15) is 0 Å². The van der Waals surface area contributed by atoms with E-state index in [1.54, 1.807) is 24.4 Å². The van der Waals surface area contributed by atoms with Crippen LogP contribution in [-0.2, 0) is 0 Å². The maximum Gasteiger partial charge on any atom is 0.489 e. The van der Waals surface area contributed by atoms with Crippen LogP contribution in [0.25, 0.3) is 0 Å². The van der Waals surface area contributed by atoms with Crippen molar-refractivity contribution in [3.05, 3.63) is 54.1 Å². The van der Waals surface area contributed by atoms with Gasteiger partial charge in [-0.1, -0.05) is 48.6 Å². The molecule has 3 nitrogen and oxygen atoms in total. The lowest BCUT2D eigenvalue weighted by Crippen LogP contribution is -2.32. The third-order valence-electron chi connectivity index (χ3n) is 2.39. The lowest BCUT2D eigenvalue weighted by molar-refractivity contribution is 0.425. The van der Waals surface area contributed by atoms with Gasteiger partial charge in [0.05, 0.1) is 6.04 Å². The van der Waals surface area contributed by atoms with Gasteiger partial charge in [-0.25, -0.2) is 0 Å². The molecule has 1 aromatic rings. The SMILES string of the molecule is OB(O)c1ccccc1C=NC1C=CC=C1. The van der Waals surface area contributed by atoms with E-state index in [1.807, 2.05) is 30.4 Å². The lowest BCUT2D eigenvalue weighted by Gasteiger charge is -2.04. The molecule has 0 aliphatic heterocycles. The number of hydrogen-bond donors (Lipinski definition) is 2. The number of rotatable bonds is 3. The average Bonchev–Trinajstić information content (AvgIpc) is 2.79. The minimum Gasteiger partial charge on any atom is -0.423 e. The predicted octanol–water partition coefficient (Wildman–Crippen LogP) is 0.280. The Morgan fingerprint density at radius 1 is 1.12 bits per heavy atom. The fourth-order valence-electron chi connectivity index (χ4n) is 1.55.